The Morgan fingerprint density at radius 2 is 1.87 bits per heavy atom. The standard InChI is InChI=1S/C35H42F2N6O2/c1-4-25-28(36)8-7-23-16-24(44)17-26(29(23)25)31-30(37)32-27(18-38-31)33(43-11-5-6-22(2)19-43)40-34(39-32)45-21-35(9-10-35)20-42-14-12-41(3)13-15-42/h7-8,16-18,22,44H,4-6,9-15,19-21H2,1-3H3. The van der Waals surface area contributed by atoms with Crippen LogP contribution in [0.3, 0.4) is 0 Å². The normalized spacial score (nSPS) is 20.6. The number of piperazine rings is 1. The fraction of sp³-hybridized carbons (Fsp3) is 0.514. The first-order valence-electron chi connectivity index (χ1n) is 16.3. The molecule has 1 saturated carbocycles. The van der Waals surface area contributed by atoms with Crippen molar-refractivity contribution in [1.29, 1.82) is 0 Å². The van der Waals surface area contributed by atoms with Gasteiger partial charge in [-0.05, 0) is 79.6 Å². The van der Waals surface area contributed by atoms with Crippen LogP contribution < -0.4 is 9.64 Å². The van der Waals surface area contributed by atoms with Crippen LogP contribution in [0.15, 0.2) is 30.5 Å². The van der Waals surface area contributed by atoms with Gasteiger partial charge in [-0.1, -0.05) is 19.9 Å². The number of ether oxygens (including phenoxy) is 1. The molecule has 3 fully saturated rings. The van der Waals surface area contributed by atoms with Gasteiger partial charge in [0.25, 0.3) is 0 Å². The highest BCUT2D eigenvalue weighted by Crippen LogP contribution is 2.47. The minimum Gasteiger partial charge on any atom is -0.508 e. The second-order valence-corrected chi connectivity index (χ2v) is 13.5. The molecular formula is C35H42F2N6O2. The molecular weight excluding hydrogens is 574 g/mol. The molecule has 2 aromatic heterocycles. The van der Waals surface area contributed by atoms with Gasteiger partial charge in [0.1, 0.15) is 28.6 Å². The first-order chi connectivity index (χ1) is 21.7. The maximum atomic E-state index is 16.8. The lowest BCUT2D eigenvalue weighted by Crippen LogP contribution is -2.47. The van der Waals surface area contributed by atoms with Crippen LogP contribution in [0, 0.1) is 23.0 Å². The summed E-state index contributed by atoms with van der Waals surface area (Å²) in [5.74, 6) is 0.0531. The summed E-state index contributed by atoms with van der Waals surface area (Å²) in [7, 11) is 2.16. The molecule has 0 bridgehead atoms. The number of nitrogens with zero attached hydrogens (tertiary/aromatic N) is 6. The monoisotopic (exact) mass is 616 g/mol. The van der Waals surface area contributed by atoms with E-state index in [1.54, 1.807) is 18.3 Å². The SMILES string of the molecule is CCc1c(F)ccc2cc(O)cc(-c3ncc4c(N5CCCC(C)C5)nc(OCC5(CN6CCN(C)CC6)CC5)nc4c3F)c12. The van der Waals surface area contributed by atoms with E-state index in [4.69, 9.17) is 9.72 Å². The van der Waals surface area contributed by atoms with Crippen LogP contribution in [-0.4, -0.2) is 89.3 Å². The Kier molecular flexibility index (Phi) is 7.98. The first-order valence-corrected chi connectivity index (χ1v) is 16.3. The topological polar surface area (TPSA) is 77.9 Å². The van der Waals surface area contributed by atoms with Gasteiger partial charge in [-0.25, -0.2) is 8.78 Å². The van der Waals surface area contributed by atoms with Crippen molar-refractivity contribution >= 4 is 27.5 Å². The zero-order chi connectivity index (χ0) is 31.3. The van der Waals surface area contributed by atoms with Gasteiger partial charge < -0.3 is 24.5 Å². The fourth-order valence-corrected chi connectivity index (χ4v) is 7.15. The summed E-state index contributed by atoms with van der Waals surface area (Å²) < 4.78 is 38.1. The number of aromatic nitrogens is 3. The van der Waals surface area contributed by atoms with E-state index in [1.165, 1.54) is 12.1 Å². The smallest absolute Gasteiger partial charge is 0.319 e. The number of anilines is 1. The molecule has 10 heteroatoms. The number of pyridine rings is 1. The van der Waals surface area contributed by atoms with Gasteiger partial charge in [0.2, 0.25) is 0 Å². The van der Waals surface area contributed by atoms with Gasteiger partial charge in [0, 0.05) is 63.0 Å². The highest BCUT2D eigenvalue weighted by atomic mass is 19.1. The van der Waals surface area contributed by atoms with Crippen LogP contribution in [-0.2, 0) is 6.42 Å². The third-order valence-electron chi connectivity index (χ3n) is 9.98. The molecule has 0 amide bonds. The second-order valence-electron chi connectivity index (χ2n) is 13.5. The number of fused-ring (bicyclic) bond motifs is 2. The summed E-state index contributed by atoms with van der Waals surface area (Å²) in [6.45, 7) is 11.4. The number of piperidine rings is 1. The number of phenols is 1. The molecule has 238 valence electrons. The average Bonchev–Trinajstić information content (AvgIpc) is 3.80. The third-order valence-corrected chi connectivity index (χ3v) is 9.98. The summed E-state index contributed by atoms with van der Waals surface area (Å²) in [5, 5.41) is 12.2. The van der Waals surface area contributed by atoms with Crippen LogP contribution in [0.1, 0.15) is 45.1 Å². The average molecular weight is 617 g/mol. The van der Waals surface area contributed by atoms with E-state index in [1.807, 2.05) is 6.92 Å². The quantitative estimate of drug-likeness (QED) is 0.257. The van der Waals surface area contributed by atoms with Crippen molar-refractivity contribution in [3.63, 3.8) is 0 Å². The van der Waals surface area contributed by atoms with Crippen LogP contribution in [0.2, 0.25) is 0 Å². The lowest BCUT2D eigenvalue weighted by molar-refractivity contribution is 0.107. The summed E-state index contributed by atoms with van der Waals surface area (Å²) in [6, 6.07) is 6.17. The number of rotatable bonds is 8. The first kappa shape index (κ1) is 30.0. The zero-order valence-electron chi connectivity index (χ0n) is 26.5. The molecule has 1 N–H and O–H groups in total. The number of aromatic hydroxyl groups is 1. The van der Waals surface area contributed by atoms with E-state index in [2.05, 4.69) is 38.6 Å². The number of hydrogen-bond donors (Lipinski definition) is 1. The molecule has 3 aliphatic rings. The van der Waals surface area contributed by atoms with Crippen molar-refractivity contribution in [3.05, 3.63) is 47.7 Å². The van der Waals surface area contributed by atoms with Crippen molar-refractivity contribution in [2.75, 3.05) is 64.4 Å². The summed E-state index contributed by atoms with van der Waals surface area (Å²) in [4.78, 5) is 21.2. The van der Waals surface area contributed by atoms with Gasteiger partial charge in [-0.3, -0.25) is 4.98 Å². The van der Waals surface area contributed by atoms with Gasteiger partial charge >= 0.3 is 6.01 Å². The van der Waals surface area contributed by atoms with Gasteiger partial charge in [0.05, 0.1) is 12.0 Å². The molecule has 1 atom stereocenters. The van der Waals surface area contributed by atoms with E-state index in [-0.39, 0.29) is 34.2 Å². The van der Waals surface area contributed by atoms with Crippen molar-refractivity contribution in [2.24, 2.45) is 11.3 Å². The van der Waals surface area contributed by atoms with Crippen LogP contribution in [0.25, 0.3) is 32.9 Å². The summed E-state index contributed by atoms with van der Waals surface area (Å²) in [6.07, 6.45) is 6.35. The Morgan fingerprint density at radius 1 is 1.07 bits per heavy atom. The van der Waals surface area contributed by atoms with Crippen LogP contribution in [0.4, 0.5) is 14.6 Å². The Morgan fingerprint density at radius 3 is 2.60 bits per heavy atom. The minimum absolute atomic E-state index is 0.0139. The maximum Gasteiger partial charge on any atom is 0.319 e. The number of benzene rings is 2. The third kappa shape index (κ3) is 5.90. The predicted molar refractivity (Wildman–Crippen MR) is 173 cm³/mol. The molecule has 1 aliphatic carbocycles. The lowest BCUT2D eigenvalue weighted by atomic mass is 9.94. The molecule has 2 saturated heterocycles. The Balaban J connectivity index is 1.29. The minimum atomic E-state index is -0.636. The Bertz CT molecular complexity index is 1740. The largest absolute Gasteiger partial charge is 0.508 e. The highest BCUT2D eigenvalue weighted by Gasteiger charge is 2.45. The molecule has 0 radical (unpaired) electrons. The number of halogens is 2. The van der Waals surface area contributed by atoms with E-state index in [9.17, 15) is 9.50 Å². The Labute approximate surface area is 263 Å². The molecule has 7 rings (SSSR count). The van der Waals surface area contributed by atoms with E-state index < -0.39 is 5.82 Å². The van der Waals surface area contributed by atoms with Gasteiger partial charge in [0.15, 0.2) is 5.82 Å². The van der Waals surface area contributed by atoms with Gasteiger partial charge in [-0.15, -0.1) is 0 Å². The number of phenolic OH excluding ortho intramolecular Hbond substituents is 1. The molecule has 0 spiro atoms. The van der Waals surface area contributed by atoms with Crippen molar-refractivity contribution < 1.29 is 18.6 Å². The molecule has 4 heterocycles. The predicted octanol–water partition coefficient (Wildman–Crippen LogP) is 6.03. The molecule has 4 aromatic rings. The number of aryl methyl sites for hydroxylation is 1. The Hall–Kier alpha value is -3.63. The number of hydrogen-bond acceptors (Lipinski definition) is 8. The summed E-state index contributed by atoms with van der Waals surface area (Å²) >= 11 is 0. The maximum absolute atomic E-state index is 16.8. The van der Waals surface area contributed by atoms with Crippen LogP contribution in [0.5, 0.6) is 11.8 Å². The van der Waals surface area contributed by atoms with E-state index in [0.717, 1.165) is 71.5 Å². The van der Waals surface area contributed by atoms with Crippen molar-refractivity contribution in [2.45, 2.75) is 46.0 Å². The molecule has 8 nitrogen and oxygen atoms in total. The molecule has 45 heavy (non-hydrogen) atoms. The van der Waals surface area contributed by atoms with E-state index >= 15 is 4.39 Å². The van der Waals surface area contributed by atoms with Gasteiger partial charge in [-0.2, -0.15) is 9.97 Å². The molecule has 2 aliphatic heterocycles. The zero-order valence-corrected chi connectivity index (χ0v) is 26.5. The second kappa shape index (κ2) is 11.9. The molecule has 1 unspecified atom stereocenters. The highest BCUT2D eigenvalue weighted by molar-refractivity contribution is 6.01. The lowest BCUT2D eigenvalue weighted by Gasteiger charge is -2.34. The van der Waals surface area contributed by atoms with E-state index in [0.29, 0.717) is 52.0 Å². The van der Waals surface area contributed by atoms with Crippen LogP contribution >= 0.6 is 0 Å². The molecule has 2 aromatic carbocycles. The van der Waals surface area contributed by atoms with Crippen molar-refractivity contribution in [3.8, 4) is 23.0 Å². The summed E-state index contributed by atoms with van der Waals surface area (Å²) in [5.41, 5.74) is 0.984. The fourth-order valence-electron chi connectivity index (χ4n) is 7.15. The van der Waals surface area contributed by atoms with Crippen molar-refractivity contribution in [1.82, 2.24) is 24.8 Å². The number of likely N-dealkylation sites (N-methyl/N-ethyl adjacent to an activating group) is 1.